The SMILES string of the molecule is NC1=NC(=O)c2c(Cl)cccc21. The summed E-state index contributed by atoms with van der Waals surface area (Å²) >= 11 is 5.78. The summed E-state index contributed by atoms with van der Waals surface area (Å²) in [5, 5.41) is 0.404. The molecular weight excluding hydrogens is 176 g/mol. The van der Waals surface area contributed by atoms with Gasteiger partial charge in [-0.3, -0.25) is 4.79 Å². The van der Waals surface area contributed by atoms with E-state index < -0.39 is 0 Å². The molecule has 0 radical (unpaired) electrons. The molecule has 0 bridgehead atoms. The molecule has 0 saturated heterocycles. The van der Waals surface area contributed by atoms with Gasteiger partial charge in [0, 0.05) is 5.56 Å². The Morgan fingerprint density at radius 3 is 2.83 bits per heavy atom. The van der Waals surface area contributed by atoms with Gasteiger partial charge in [0.05, 0.1) is 10.6 Å². The fourth-order valence-corrected chi connectivity index (χ4v) is 1.44. The Morgan fingerprint density at radius 1 is 1.42 bits per heavy atom. The lowest BCUT2D eigenvalue weighted by Crippen LogP contribution is -2.10. The number of halogens is 1. The van der Waals surface area contributed by atoms with E-state index in [-0.39, 0.29) is 11.7 Å². The van der Waals surface area contributed by atoms with Crippen LogP contribution in [0.4, 0.5) is 0 Å². The summed E-state index contributed by atoms with van der Waals surface area (Å²) < 4.78 is 0. The van der Waals surface area contributed by atoms with Crippen molar-refractivity contribution in [3.8, 4) is 0 Å². The molecule has 1 amide bonds. The van der Waals surface area contributed by atoms with Crippen LogP contribution in [-0.4, -0.2) is 11.7 Å². The molecule has 12 heavy (non-hydrogen) atoms. The summed E-state index contributed by atoms with van der Waals surface area (Å²) in [4.78, 5) is 14.7. The Labute approximate surface area is 73.9 Å². The van der Waals surface area contributed by atoms with Gasteiger partial charge in [-0.15, -0.1) is 0 Å². The van der Waals surface area contributed by atoms with Crippen molar-refractivity contribution in [2.45, 2.75) is 0 Å². The molecule has 2 N–H and O–H groups in total. The molecule has 1 aromatic rings. The molecule has 60 valence electrons. The fourth-order valence-electron chi connectivity index (χ4n) is 1.18. The van der Waals surface area contributed by atoms with Gasteiger partial charge in [-0.2, -0.15) is 4.99 Å². The molecule has 1 aliphatic rings. The molecule has 0 atom stereocenters. The van der Waals surface area contributed by atoms with Crippen molar-refractivity contribution in [1.29, 1.82) is 0 Å². The first-order valence-electron chi connectivity index (χ1n) is 3.37. The van der Waals surface area contributed by atoms with Crippen LogP contribution in [0.2, 0.25) is 5.02 Å². The molecule has 0 aromatic heterocycles. The summed E-state index contributed by atoms with van der Waals surface area (Å²) in [5.41, 5.74) is 6.52. The van der Waals surface area contributed by atoms with Gasteiger partial charge in [0.25, 0.3) is 5.91 Å². The standard InChI is InChI=1S/C8H5ClN2O/c9-5-3-1-2-4-6(5)8(12)11-7(4)10/h1-3H,(H2,10,11,12). The van der Waals surface area contributed by atoms with E-state index in [2.05, 4.69) is 4.99 Å². The van der Waals surface area contributed by atoms with E-state index in [1.807, 2.05) is 0 Å². The molecule has 1 aromatic carbocycles. The topological polar surface area (TPSA) is 55.4 Å². The second-order valence-corrected chi connectivity index (χ2v) is 2.87. The number of fused-ring (bicyclic) bond motifs is 1. The number of carbonyl (C=O) groups excluding carboxylic acids is 1. The first-order chi connectivity index (χ1) is 5.70. The zero-order valence-electron chi connectivity index (χ0n) is 6.04. The lowest BCUT2D eigenvalue weighted by molar-refractivity contribution is 0.101. The van der Waals surface area contributed by atoms with Crippen LogP contribution < -0.4 is 5.73 Å². The third-order valence-electron chi connectivity index (χ3n) is 1.73. The van der Waals surface area contributed by atoms with E-state index in [4.69, 9.17) is 17.3 Å². The minimum atomic E-state index is -0.354. The van der Waals surface area contributed by atoms with Crippen molar-refractivity contribution in [3.63, 3.8) is 0 Å². The lowest BCUT2D eigenvalue weighted by atomic mass is 10.1. The van der Waals surface area contributed by atoms with Crippen LogP contribution in [0, 0.1) is 0 Å². The van der Waals surface area contributed by atoms with Gasteiger partial charge in [-0.1, -0.05) is 23.7 Å². The molecule has 0 fully saturated rings. The molecule has 0 unspecified atom stereocenters. The molecule has 0 saturated carbocycles. The maximum atomic E-state index is 11.1. The average Bonchev–Trinajstić information content (AvgIpc) is 2.29. The number of hydrogen-bond acceptors (Lipinski definition) is 2. The summed E-state index contributed by atoms with van der Waals surface area (Å²) in [5.74, 6) is -0.106. The lowest BCUT2D eigenvalue weighted by Gasteiger charge is -1.97. The van der Waals surface area contributed by atoms with E-state index in [1.54, 1.807) is 18.2 Å². The van der Waals surface area contributed by atoms with Crippen molar-refractivity contribution >= 4 is 23.3 Å². The molecular formula is C8H5ClN2O. The van der Waals surface area contributed by atoms with E-state index in [9.17, 15) is 4.79 Å². The molecule has 1 heterocycles. The van der Waals surface area contributed by atoms with Gasteiger partial charge in [0.15, 0.2) is 0 Å². The van der Waals surface area contributed by atoms with Crippen LogP contribution in [0.5, 0.6) is 0 Å². The second kappa shape index (κ2) is 2.32. The van der Waals surface area contributed by atoms with Crippen molar-refractivity contribution < 1.29 is 4.79 Å². The van der Waals surface area contributed by atoms with Crippen molar-refractivity contribution in [2.75, 3.05) is 0 Å². The van der Waals surface area contributed by atoms with Crippen LogP contribution in [0.1, 0.15) is 15.9 Å². The predicted octanol–water partition coefficient (Wildman–Crippen LogP) is 1.20. The summed E-state index contributed by atoms with van der Waals surface area (Å²) in [6.45, 7) is 0. The fraction of sp³-hybridized carbons (Fsp3) is 0. The third-order valence-corrected chi connectivity index (χ3v) is 2.04. The summed E-state index contributed by atoms with van der Waals surface area (Å²) in [6, 6.07) is 5.11. The Morgan fingerprint density at radius 2 is 2.17 bits per heavy atom. The number of nitrogens with zero attached hydrogens (tertiary/aromatic N) is 1. The van der Waals surface area contributed by atoms with Gasteiger partial charge in [-0.25, -0.2) is 0 Å². The monoisotopic (exact) mass is 180 g/mol. The minimum Gasteiger partial charge on any atom is -0.383 e. The number of amides is 1. The van der Waals surface area contributed by atoms with Crippen molar-refractivity contribution in [3.05, 3.63) is 34.3 Å². The molecule has 0 aliphatic carbocycles. The highest BCUT2D eigenvalue weighted by atomic mass is 35.5. The number of benzene rings is 1. The Balaban J connectivity index is 2.76. The van der Waals surface area contributed by atoms with Crippen LogP contribution in [0.25, 0.3) is 0 Å². The van der Waals surface area contributed by atoms with Gasteiger partial charge < -0.3 is 5.73 Å². The van der Waals surface area contributed by atoms with Gasteiger partial charge in [-0.05, 0) is 6.07 Å². The smallest absolute Gasteiger partial charge is 0.281 e. The Kier molecular flexibility index (Phi) is 1.41. The van der Waals surface area contributed by atoms with E-state index in [1.165, 1.54) is 0 Å². The molecule has 0 spiro atoms. The maximum absolute atomic E-state index is 11.1. The zero-order valence-corrected chi connectivity index (χ0v) is 6.80. The number of amidine groups is 1. The zero-order chi connectivity index (χ0) is 8.72. The second-order valence-electron chi connectivity index (χ2n) is 2.46. The summed E-state index contributed by atoms with van der Waals surface area (Å²) in [6.07, 6.45) is 0. The minimum absolute atomic E-state index is 0.248. The first-order valence-corrected chi connectivity index (χ1v) is 3.75. The maximum Gasteiger partial charge on any atom is 0.281 e. The largest absolute Gasteiger partial charge is 0.383 e. The van der Waals surface area contributed by atoms with Crippen LogP contribution in [0.3, 0.4) is 0 Å². The predicted molar refractivity (Wildman–Crippen MR) is 46.5 cm³/mol. The highest BCUT2D eigenvalue weighted by molar-refractivity contribution is 6.36. The van der Waals surface area contributed by atoms with Crippen LogP contribution in [0.15, 0.2) is 23.2 Å². The van der Waals surface area contributed by atoms with E-state index in [0.717, 1.165) is 0 Å². The molecule has 3 nitrogen and oxygen atoms in total. The number of carbonyl (C=O) groups is 1. The quantitative estimate of drug-likeness (QED) is 0.652. The Hall–Kier alpha value is -1.35. The van der Waals surface area contributed by atoms with Gasteiger partial charge in [0.2, 0.25) is 0 Å². The highest BCUT2D eigenvalue weighted by Gasteiger charge is 2.23. The average molecular weight is 181 g/mol. The third kappa shape index (κ3) is 0.833. The normalized spacial score (nSPS) is 14.4. The number of nitrogens with two attached hydrogens (primary N) is 1. The molecule has 2 rings (SSSR count). The van der Waals surface area contributed by atoms with E-state index in [0.29, 0.717) is 16.1 Å². The number of hydrogen-bond donors (Lipinski definition) is 1. The van der Waals surface area contributed by atoms with Crippen molar-refractivity contribution in [2.24, 2.45) is 10.7 Å². The van der Waals surface area contributed by atoms with Gasteiger partial charge >= 0.3 is 0 Å². The van der Waals surface area contributed by atoms with Crippen LogP contribution in [-0.2, 0) is 0 Å². The van der Waals surface area contributed by atoms with Gasteiger partial charge in [0.1, 0.15) is 5.84 Å². The number of rotatable bonds is 0. The van der Waals surface area contributed by atoms with E-state index >= 15 is 0 Å². The molecule has 4 heteroatoms. The Bertz CT molecular complexity index is 398. The first kappa shape index (κ1) is 7.31. The molecule has 1 aliphatic heterocycles. The summed E-state index contributed by atoms with van der Waals surface area (Å²) in [7, 11) is 0. The number of aliphatic imine (C=N–C) groups is 1. The van der Waals surface area contributed by atoms with Crippen LogP contribution >= 0.6 is 11.6 Å². The highest BCUT2D eigenvalue weighted by Crippen LogP contribution is 2.24. The van der Waals surface area contributed by atoms with Crippen molar-refractivity contribution in [1.82, 2.24) is 0 Å².